The Hall–Kier alpha value is -1.53. The summed E-state index contributed by atoms with van der Waals surface area (Å²) in [5.41, 5.74) is 7.17. The minimum Gasteiger partial charge on any atom is -0.354 e. The number of hydrogen-bond donors (Lipinski definition) is 3. The molecule has 0 aromatic heterocycles. The quantitative estimate of drug-likeness (QED) is 0.688. The number of nitrogens with two attached hydrogens (primary N) is 1. The molecular weight excluding hydrogens is 262 g/mol. The average molecular weight is 281 g/mol. The van der Waals surface area contributed by atoms with Crippen molar-refractivity contribution in [2.24, 2.45) is 5.73 Å². The molecule has 0 aliphatic rings. The molecule has 1 aromatic rings. The zero-order chi connectivity index (χ0) is 14.1. The van der Waals surface area contributed by atoms with Gasteiger partial charge < -0.3 is 16.4 Å². The first-order chi connectivity index (χ1) is 9.11. The number of anilines is 1. The maximum Gasteiger partial charge on any atom is 0.234 e. The Morgan fingerprint density at radius 2 is 1.79 bits per heavy atom. The number of aryl methyl sites for hydroxylation is 1. The summed E-state index contributed by atoms with van der Waals surface area (Å²) in [7, 11) is 0. The molecule has 0 aliphatic heterocycles. The second-order valence-corrected chi connectivity index (χ2v) is 5.03. The molecule has 0 saturated carbocycles. The zero-order valence-corrected chi connectivity index (χ0v) is 11.8. The molecule has 19 heavy (non-hydrogen) atoms. The molecule has 0 radical (unpaired) electrons. The second-order valence-electron chi connectivity index (χ2n) is 4.05. The lowest BCUT2D eigenvalue weighted by Crippen LogP contribution is -2.30. The molecule has 0 heterocycles. The standard InChI is InChI=1S/C13H19N3O2S/c1-10-2-4-11(5-3-10)16-13(18)9-19-8-12(17)15-7-6-14/h2-5H,6-9,14H2,1H3,(H,15,17)(H,16,18). The van der Waals surface area contributed by atoms with Crippen LogP contribution in [-0.4, -0.2) is 36.4 Å². The molecule has 4 N–H and O–H groups in total. The van der Waals surface area contributed by atoms with Gasteiger partial charge in [0.15, 0.2) is 0 Å². The molecular formula is C13H19N3O2S. The summed E-state index contributed by atoms with van der Waals surface area (Å²) in [5, 5.41) is 5.42. The number of hydrogen-bond acceptors (Lipinski definition) is 4. The highest BCUT2D eigenvalue weighted by molar-refractivity contribution is 8.00. The Morgan fingerprint density at radius 3 is 2.42 bits per heavy atom. The van der Waals surface area contributed by atoms with Crippen molar-refractivity contribution in [3.63, 3.8) is 0 Å². The monoisotopic (exact) mass is 281 g/mol. The van der Waals surface area contributed by atoms with Gasteiger partial charge in [-0.1, -0.05) is 17.7 Å². The molecule has 0 aliphatic carbocycles. The van der Waals surface area contributed by atoms with E-state index >= 15 is 0 Å². The Kier molecular flexibility index (Phi) is 6.99. The van der Waals surface area contributed by atoms with Crippen LogP contribution in [0.15, 0.2) is 24.3 Å². The maximum absolute atomic E-state index is 11.6. The van der Waals surface area contributed by atoms with E-state index in [1.807, 2.05) is 31.2 Å². The summed E-state index contributed by atoms with van der Waals surface area (Å²) in [6.45, 7) is 2.88. The number of benzene rings is 1. The first-order valence-electron chi connectivity index (χ1n) is 6.03. The molecule has 0 unspecified atom stereocenters. The van der Waals surface area contributed by atoms with Crippen LogP contribution >= 0.6 is 11.8 Å². The molecule has 1 rings (SSSR count). The van der Waals surface area contributed by atoms with E-state index in [4.69, 9.17) is 5.73 Å². The zero-order valence-electron chi connectivity index (χ0n) is 10.9. The van der Waals surface area contributed by atoms with Crippen LogP contribution in [0.2, 0.25) is 0 Å². The summed E-state index contributed by atoms with van der Waals surface area (Å²) in [5.74, 6) is 0.310. The van der Waals surface area contributed by atoms with Gasteiger partial charge in [0.25, 0.3) is 0 Å². The van der Waals surface area contributed by atoms with Gasteiger partial charge in [0, 0.05) is 18.8 Å². The number of carbonyl (C=O) groups is 2. The van der Waals surface area contributed by atoms with Gasteiger partial charge >= 0.3 is 0 Å². The van der Waals surface area contributed by atoms with Gasteiger partial charge in [-0.3, -0.25) is 9.59 Å². The van der Waals surface area contributed by atoms with Crippen molar-refractivity contribution in [2.75, 3.05) is 29.9 Å². The lowest BCUT2D eigenvalue weighted by molar-refractivity contribution is -0.118. The summed E-state index contributed by atoms with van der Waals surface area (Å²) >= 11 is 1.28. The van der Waals surface area contributed by atoms with E-state index in [1.165, 1.54) is 11.8 Å². The normalized spacial score (nSPS) is 10.0. The van der Waals surface area contributed by atoms with Gasteiger partial charge in [-0.25, -0.2) is 0 Å². The molecule has 0 spiro atoms. The van der Waals surface area contributed by atoms with E-state index in [0.717, 1.165) is 11.3 Å². The number of nitrogens with one attached hydrogen (secondary N) is 2. The van der Waals surface area contributed by atoms with E-state index in [1.54, 1.807) is 0 Å². The molecule has 5 nitrogen and oxygen atoms in total. The van der Waals surface area contributed by atoms with Crippen LogP contribution in [0, 0.1) is 6.92 Å². The predicted octanol–water partition coefficient (Wildman–Crippen LogP) is 0.742. The summed E-state index contributed by atoms with van der Waals surface area (Å²) in [4.78, 5) is 22.9. The van der Waals surface area contributed by atoms with Crippen LogP contribution in [0.5, 0.6) is 0 Å². The summed E-state index contributed by atoms with van der Waals surface area (Å²) < 4.78 is 0. The van der Waals surface area contributed by atoms with Crippen LogP contribution in [0.4, 0.5) is 5.69 Å². The molecule has 2 amide bonds. The molecule has 1 aromatic carbocycles. The average Bonchev–Trinajstić information content (AvgIpc) is 2.39. The fourth-order valence-electron chi connectivity index (χ4n) is 1.33. The third-order valence-electron chi connectivity index (χ3n) is 2.27. The molecule has 0 fully saturated rings. The molecule has 104 valence electrons. The van der Waals surface area contributed by atoms with Gasteiger partial charge in [-0.05, 0) is 19.1 Å². The van der Waals surface area contributed by atoms with Crippen LogP contribution in [-0.2, 0) is 9.59 Å². The van der Waals surface area contributed by atoms with Crippen LogP contribution in [0.3, 0.4) is 0 Å². The first kappa shape index (κ1) is 15.5. The van der Waals surface area contributed by atoms with Gasteiger partial charge in [0.1, 0.15) is 0 Å². The van der Waals surface area contributed by atoms with Crippen molar-refractivity contribution >= 4 is 29.3 Å². The third-order valence-corrected chi connectivity index (χ3v) is 3.20. The number of carbonyl (C=O) groups excluding carboxylic acids is 2. The van der Waals surface area contributed by atoms with Crippen molar-refractivity contribution < 1.29 is 9.59 Å². The third kappa shape index (κ3) is 6.83. The Labute approximate surface area is 117 Å². The molecule has 0 saturated heterocycles. The maximum atomic E-state index is 11.6. The smallest absolute Gasteiger partial charge is 0.234 e. The van der Waals surface area contributed by atoms with Gasteiger partial charge in [-0.2, -0.15) is 0 Å². The molecule has 0 bridgehead atoms. The fraction of sp³-hybridized carbons (Fsp3) is 0.385. The van der Waals surface area contributed by atoms with E-state index < -0.39 is 0 Å². The summed E-state index contributed by atoms with van der Waals surface area (Å²) in [6, 6.07) is 7.57. The summed E-state index contributed by atoms with van der Waals surface area (Å²) in [6.07, 6.45) is 0. The number of amides is 2. The van der Waals surface area contributed by atoms with Crippen LogP contribution < -0.4 is 16.4 Å². The van der Waals surface area contributed by atoms with Gasteiger partial charge in [0.2, 0.25) is 11.8 Å². The first-order valence-corrected chi connectivity index (χ1v) is 7.18. The Balaban J connectivity index is 2.21. The highest BCUT2D eigenvalue weighted by atomic mass is 32.2. The van der Waals surface area contributed by atoms with Gasteiger partial charge in [0.05, 0.1) is 11.5 Å². The van der Waals surface area contributed by atoms with E-state index in [2.05, 4.69) is 10.6 Å². The highest BCUT2D eigenvalue weighted by Crippen LogP contribution is 2.09. The van der Waals surface area contributed by atoms with Crippen molar-refractivity contribution in [3.05, 3.63) is 29.8 Å². The van der Waals surface area contributed by atoms with Crippen LogP contribution in [0.25, 0.3) is 0 Å². The topological polar surface area (TPSA) is 84.2 Å². The number of thioether (sulfide) groups is 1. The molecule has 0 atom stereocenters. The second kappa shape index (κ2) is 8.55. The lowest BCUT2D eigenvalue weighted by atomic mass is 10.2. The van der Waals surface area contributed by atoms with Crippen molar-refractivity contribution in [3.8, 4) is 0 Å². The minimum absolute atomic E-state index is 0.0985. The largest absolute Gasteiger partial charge is 0.354 e. The van der Waals surface area contributed by atoms with Crippen LogP contribution in [0.1, 0.15) is 5.56 Å². The molecule has 6 heteroatoms. The van der Waals surface area contributed by atoms with E-state index in [9.17, 15) is 9.59 Å². The minimum atomic E-state index is -0.111. The van der Waals surface area contributed by atoms with Gasteiger partial charge in [-0.15, -0.1) is 11.8 Å². The Morgan fingerprint density at radius 1 is 1.16 bits per heavy atom. The van der Waals surface area contributed by atoms with Crippen molar-refractivity contribution in [1.29, 1.82) is 0 Å². The fourth-order valence-corrected chi connectivity index (χ4v) is 1.98. The van der Waals surface area contributed by atoms with Crippen molar-refractivity contribution in [2.45, 2.75) is 6.92 Å². The van der Waals surface area contributed by atoms with E-state index in [-0.39, 0.29) is 23.3 Å². The lowest BCUT2D eigenvalue weighted by Gasteiger charge is -2.06. The number of rotatable bonds is 7. The Bertz CT molecular complexity index is 420. The van der Waals surface area contributed by atoms with Crippen molar-refractivity contribution in [1.82, 2.24) is 5.32 Å². The van der Waals surface area contributed by atoms with E-state index in [0.29, 0.717) is 13.1 Å². The highest BCUT2D eigenvalue weighted by Gasteiger charge is 2.05. The SMILES string of the molecule is Cc1ccc(NC(=O)CSCC(=O)NCCN)cc1. The predicted molar refractivity (Wildman–Crippen MR) is 79.2 cm³/mol.